The summed E-state index contributed by atoms with van der Waals surface area (Å²) in [4.78, 5) is 6.32. The molecule has 0 aliphatic heterocycles. The molecule has 1 aromatic carbocycles. The van der Waals surface area contributed by atoms with Crippen LogP contribution in [0.15, 0.2) is 23.2 Å². The molecule has 0 aromatic heterocycles. The molecular weight excluding hydrogens is 408 g/mol. The molecule has 0 radical (unpaired) electrons. The van der Waals surface area contributed by atoms with Crippen molar-refractivity contribution in [3.8, 4) is 0 Å². The first-order valence-corrected chi connectivity index (χ1v) is 7.84. The van der Waals surface area contributed by atoms with Crippen LogP contribution in [0.2, 0.25) is 0 Å². The molecular formula is C17H27FIN3O. The minimum atomic E-state index is -0.168. The Morgan fingerprint density at radius 1 is 1.43 bits per heavy atom. The third-order valence-corrected chi connectivity index (χ3v) is 3.87. The molecule has 0 spiro atoms. The van der Waals surface area contributed by atoms with Gasteiger partial charge in [0.1, 0.15) is 5.82 Å². The summed E-state index contributed by atoms with van der Waals surface area (Å²) in [7, 11) is 3.76. The van der Waals surface area contributed by atoms with E-state index in [-0.39, 0.29) is 29.8 Å². The molecule has 6 heteroatoms. The predicted molar refractivity (Wildman–Crippen MR) is 103 cm³/mol. The predicted octanol–water partition coefficient (Wildman–Crippen LogP) is 3.19. The molecule has 2 rings (SSSR count). The highest BCUT2D eigenvalue weighted by molar-refractivity contribution is 14.0. The first-order chi connectivity index (χ1) is 10.6. The fraction of sp³-hybridized carbons (Fsp3) is 0.588. The van der Waals surface area contributed by atoms with Gasteiger partial charge in [0.05, 0.1) is 6.61 Å². The zero-order chi connectivity index (χ0) is 15.9. The molecule has 0 bridgehead atoms. The molecule has 1 saturated carbocycles. The molecule has 1 fully saturated rings. The molecule has 23 heavy (non-hydrogen) atoms. The topological polar surface area (TPSA) is 36.9 Å². The van der Waals surface area contributed by atoms with Gasteiger partial charge in [-0.15, -0.1) is 24.0 Å². The van der Waals surface area contributed by atoms with Crippen LogP contribution in [0.1, 0.15) is 24.0 Å². The van der Waals surface area contributed by atoms with E-state index in [1.807, 2.05) is 18.0 Å². The standard InChI is InChI=1S/C17H26FN3O.HI/c1-13-10-15(6-7-16(13)18)11-20-17(19-2)21(3)8-9-22-12-14-4-5-14;/h6-7,10,14H,4-5,8-9,11-12H2,1-3H3,(H,19,20);1H. The molecule has 0 amide bonds. The monoisotopic (exact) mass is 435 g/mol. The lowest BCUT2D eigenvalue weighted by Gasteiger charge is -2.22. The van der Waals surface area contributed by atoms with Gasteiger partial charge in [0.25, 0.3) is 0 Å². The van der Waals surface area contributed by atoms with Gasteiger partial charge in [0, 0.05) is 33.8 Å². The zero-order valence-electron chi connectivity index (χ0n) is 14.1. The van der Waals surface area contributed by atoms with E-state index in [0.29, 0.717) is 18.7 Å². The first kappa shape index (κ1) is 20.2. The van der Waals surface area contributed by atoms with Gasteiger partial charge in [0.15, 0.2) is 5.96 Å². The van der Waals surface area contributed by atoms with Gasteiger partial charge in [-0.2, -0.15) is 0 Å². The number of hydrogen-bond acceptors (Lipinski definition) is 2. The van der Waals surface area contributed by atoms with E-state index in [0.717, 1.165) is 30.6 Å². The van der Waals surface area contributed by atoms with Crippen molar-refractivity contribution in [2.24, 2.45) is 10.9 Å². The van der Waals surface area contributed by atoms with Crippen molar-refractivity contribution in [2.45, 2.75) is 26.3 Å². The number of rotatable bonds is 7. The number of halogens is 2. The van der Waals surface area contributed by atoms with Crippen LogP contribution in [0.5, 0.6) is 0 Å². The normalized spacial score (nSPS) is 14.3. The minimum Gasteiger partial charge on any atom is -0.379 e. The van der Waals surface area contributed by atoms with Crippen LogP contribution in [0.25, 0.3) is 0 Å². The van der Waals surface area contributed by atoms with Crippen molar-refractivity contribution in [1.82, 2.24) is 10.2 Å². The Labute approximate surface area is 155 Å². The fourth-order valence-corrected chi connectivity index (χ4v) is 2.22. The Bertz CT molecular complexity index is 521. The summed E-state index contributed by atoms with van der Waals surface area (Å²) in [5, 5.41) is 3.29. The quantitative estimate of drug-likeness (QED) is 0.310. The zero-order valence-corrected chi connectivity index (χ0v) is 16.5. The lowest BCUT2D eigenvalue weighted by atomic mass is 10.1. The van der Waals surface area contributed by atoms with Gasteiger partial charge < -0.3 is 15.0 Å². The lowest BCUT2D eigenvalue weighted by molar-refractivity contribution is 0.115. The van der Waals surface area contributed by atoms with Gasteiger partial charge in [-0.25, -0.2) is 4.39 Å². The van der Waals surface area contributed by atoms with Crippen LogP contribution >= 0.6 is 24.0 Å². The maximum atomic E-state index is 13.3. The summed E-state index contributed by atoms with van der Waals surface area (Å²) in [6.45, 7) is 4.80. The third kappa shape index (κ3) is 7.03. The number of aliphatic imine (C=N–C) groups is 1. The molecule has 130 valence electrons. The molecule has 0 saturated heterocycles. The van der Waals surface area contributed by atoms with Gasteiger partial charge in [-0.05, 0) is 42.9 Å². The summed E-state index contributed by atoms with van der Waals surface area (Å²) >= 11 is 0. The van der Waals surface area contributed by atoms with Crippen molar-refractivity contribution >= 4 is 29.9 Å². The number of nitrogens with one attached hydrogen (secondary N) is 1. The van der Waals surface area contributed by atoms with E-state index in [1.54, 1.807) is 20.0 Å². The van der Waals surface area contributed by atoms with Crippen molar-refractivity contribution < 1.29 is 9.13 Å². The van der Waals surface area contributed by atoms with E-state index in [4.69, 9.17) is 4.74 Å². The molecule has 4 nitrogen and oxygen atoms in total. The van der Waals surface area contributed by atoms with Gasteiger partial charge in [0.2, 0.25) is 0 Å². The van der Waals surface area contributed by atoms with E-state index in [1.165, 1.54) is 18.9 Å². The number of hydrogen-bond donors (Lipinski definition) is 1. The lowest BCUT2D eigenvalue weighted by Crippen LogP contribution is -2.40. The molecule has 0 unspecified atom stereocenters. The molecule has 0 heterocycles. The van der Waals surface area contributed by atoms with Gasteiger partial charge in [-0.3, -0.25) is 4.99 Å². The molecule has 1 aromatic rings. The number of nitrogens with zero attached hydrogens (tertiary/aromatic N) is 2. The third-order valence-electron chi connectivity index (χ3n) is 3.87. The van der Waals surface area contributed by atoms with Crippen LogP contribution in [0.3, 0.4) is 0 Å². The highest BCUT2D eigenvalue weighted by Gasteiger charge is 2.21. The number of benzene rings is 1. The summed E-state index contributed by atoms with van der Waals surface area (Å²) in [6.07, 6.45) is 2.63. The van der Waals surface area contributed by atoms with E-state index >= 15 is 0 Å². The Morgan fingerprint density at radius 3 is 2.78 bits per heavy atom. The van der Waals surface area contributed by atoms with E-state index in [9.17, 15) is 4.39 Å². The van der Waals surface area contributed by atoms with Crippen molar-refractivity contribution in [3.05, 3.63) is 35.1 Å². The largest absolute Gasteiger partial charge is 0.379 e. The molecule has 1 aliphatic carbocycles. The number of guanidine groups is 1. The number of likely N-dealkylation sites (N-methyl/N-ethyl adjacent to an activating group) is 1. The maximum Gasteiger partial charge on any atom is 0.193 e. The maximum absolute atomic E-state index is 13.3. The number of ether oxygens (including phenoxy) is 1. The van der Waals surface area contributed by atoms with E-state index < -0.39 is 0 Å². The van der Waals surface area contributed by atoms with Gasteiger partial charge >= 0.3 is 0 Å². The average molecular weight is 435 g/mol. The van der Waals surface area contributed by atoms with Crippen molar-refractivity contribution in [2.75, 3.05) is 33.9 Å². The highest BCUT2D eigenvalue weighted by Crippen LogP contribution is 2.28. The van der Waals surface area contributed by atoms with Crippen LogP contribution < -0.4 is 5.32 Å². The second-order valence-electron chi connectivity index (χ2n) is 5.92. The Kier molecular flexibility index (Phi) is 8.83. The average Bonchev–Trinajstić information content (AvgIpc) is 3.32. The minimum absolute atomic E-state index is 0. The van der Waals surface area contributed by atoms with Crippen molar-refractivity contribution in [1.29, 1.82) is 0 Å². The highest BCUT2D eigenvalue weighted by atomic mass is 127. The van der Waals surface area contributed by atoms with Gasteiger partial charge in [-0.1, -0.05) is 12.1 Å². The summed E-state index contributed by atoms with van der Waals surface area (Å²) < 4.78 is 18.9. The van der Waals surface area contributed by atoms with Crippen LogP contribution in [-0.4, -0.2) is 44.7 Å². The second-order valence-corrected chi connectivity index (χ2v) is 5.92. The number of aryl methyl sites for hydroxylation is 1. The fourth-order valence-electron chi connectivity index (χ4n) is 2.22. The summed E-state index contributed by atoms with van der Waals surface area (Å²) in [5.74, 6) is 1.44. The summed E-state index contributed by atoms with van der Waals surface area (Å²) in [6, 6.07) is 5.15. The van der Waals surface area contributed by atoms with Crippen LogP contribution in [-0.2, 0) is 11.3 Å². The van der Waals surface area contributed by atoms with Crippen molar-refractivity contribution in [3.63, 3.8) is 0 Å². The van der Waals surface area contributed by atoms with Crippen LogP contribution in [0.4, 0.5) is 4.39 Å². The SMILES string of the molecule is CN=C(NCc1ccc(F)c(C)c1)N(C)CCOCC1CC1.I. The van der Waals surface area contributed by atoms with E-state index in [2.05, 4.69) is 10.3 Å². The molecule has 1 N–H and O–H groups in total. The smallest absolute Gasteiger partial charge is 0.193 e. The Morgan fingerprint density at radius 2 is 2.17 bits per heavy atom. The summed E-state index contributed by atoms with van der Waals surface area (Å²) in [5.41, 5.74) is 1.70. The Balaban J connectivity index is 0.00000264. The Hall–Kier alpha value is -0.890. The van der Waals surface area contributed by atoms with Crippen LogP contribution in [0, 0.1) is 18.7 Å². The molecule has 0 atom stereocenters. The molecule has 1 aliphatic rings. The first-order valence-electron chi connectivity index (χ1n) is 7.84. The second kappa shape index (κ2) is 10.1.